The highest BCUT2D eigenvalue weighted by Crippen LogP contribution is 2.23. The highest BCUT2D eigenvalue weighted by atomic mass is 32.2. The topological polar surface area (TPSA) is 55.8 Å². The van der Waals surface area contributed by atoms with Gasteiger partial charge >= 0.3 is 5.97 Å². The number of hydrogen-bond acceptors (Lipinski definition) is 5. The number of amides is 1. The van der Waals surface area contributed by atoms with Gasteiger partial charge < -0.3 is 14.4 Å². The number of benzene rings is 2. The fourth-order valence-electron chi connectivity index (χ4n) is 2.90. The predicted molar refractivity (Wildman–Crippen MR) is 110 cm³/mol. The summed E-state index contributed by atoms with van der Waals surface area (Å²) in [5.74, 6) is 0.374. The van der Waals surface area contributed by atoms with Crippen LogP contribution in [0.1, 0.15) is 12.0 Å². The summed E-state index contributed by atoms with van der Waals surface area (Å²) in [7, 11) is 1.61. The Morgan fingerprint density at radius 3 is 2.46 bits per heavy atom. The molecule has 3 rings (SSSR count). The number of esters is 1. The third-order valence-electron chi connectivity index (χ3n) is 4.48. The maximum Gasteiger partial charge on any atom is 0.316 e. The fraction of sp³-hybridized carbons (Fsp3) is 0.273. The molecule has 5 nitrogen and oxygen atoms in total. The van der Waals surface area contributed by atoms with Crippen LogP contribution >= 0.6 is 11.8 Å². The molecule has 0 fully saturated rings. The molecule has 0 aliphatic carbocycles. The van der Waals surface area contributed by atoms with Gasteiger partial charge in [-0.1, -0.05) is 36.4 Å². The van der Waals surface area contributed by atoms with Crippen LogP contribution in [0.3, 0.4) is 0 Å². The van der Waals surface area contributed by atoms with Gasteiger partial charge in [-0.15, -0.1) is 11.8 Å². The van der Waals surface area contributed by atoms with Gasteiger partial charge in [0.2, 0.25) is 0 Å². The largest absolute Gasteiger partial charge is 0.497 e. The summed E-state index contributed by atoms with van der Waals surface area (Å²) in [6.45, 7) is 0.968. The number of thioether (sulfide) groups is 1. The minimum Gasteiger partial charge on any atom is -0.497 e. The number of methoxy groups -OCH3 is 1. The lowest BCUT2D eigenvalue weighted by molar-refractivity contribution is -0.149. The van der Waals surface area contributed by atoms with Crippen molar-refractivity contribution in [3.05, 3.63) is 66.2 Å². The molecule has 0 atom stereocenters. The van der Waals surface area contributed by atoms with E-state index in [-0.39, 0.29) is 18.3 Å². The molecule has 0 aromatic heterocycles. The number of carbonyl (C=O) groups is 2. The highest BCUT2D eigenvalue weighted by molar-refractivity contribution is 8.00. The molecule has 0 saturated carbocycles. The Morgan fingerprint density at radius 2 is 1.82 bits per heavy atom. The molecule has 28 heavy (non-hydrogen) atoms. The molecule has 1 heterocycles. The molecular formula is C22H23NO4S. The number of carbonyl (C=O) groups excluding carboxylic acids is 2. The van der Waals surface area contributed by atoms with Gasteiger partial charge in [0, 0.05) is 18.0 Å². The Kier molecular flexibility index (Phi) is 7.14. The van der Waals surface area contributed by atoms with Crippen molar-refractivity contribution in [3.8, 4) is 5.75 Å². The Bertz CT molecular complexity index is 833. The van der Waals surface area contributed by atoms with Crippen LogP contribution in [-0.4, -0.2) is 49.3 Å². The average molecular weight is 397 g/mol. The molecule has 2 aromatic carbocycles. The lowest BCUT2D eigenvalue weighted by Crippen LogP contribution is -2.37. The molecule has 0 bridgehead atoms. The van der Waals surface area contributed by atoms with E-state index < -0.39 is 5.97 Å². The van der Waals surface area contributed by atoms with E-state index in [1.54, 1.807) is 12.0 Å². The van der Waals surface area contributed by atoms with Crippen LogP contribution in [0.2, 0.25) is 0 Å². The summed E-state index contributed by atoms with van der Waals surface area (Å²) in [5.41, 5.74) is 2.44. The molecule has 1 aliphatic heterocycles. The number of rotatable bonds is 7. The van der Waals surface area contributed by atoms with Crippen LogP contribution in [0.25, 0.3) is 5.57 Å². The normalized spacial score (nSPS) is 13.6. The number of nitrogens with zero attached hydrogens (tertiary/aromatic N) is 1. The lowest BCUT2D eigenvalue weighted by Gasteiger charge is -2.26. The van der Waals surface area contributed by atoms with Crippen LogP contribution in [-0.2, 0) is 14.3 Å². The van der Waals surface area contributed by atoms with Crippen molar-refractivity contribution in [1.82, 2.24) is 4.90 Å². The van der Waals surface area contributed by atoms with Crippen LogP contribution in [0.4, 0.5) is 0 Å². The zero-order chi connectivity index (χ0) is 19.8. The van der Waals surface area contributed by atoms with Crippen molar-refractivity contribution in [3.63, 3.8) is 0 Å². The fourth-order valence-corrected chi connectivity index (χ4v) is 3.60. The maximum absolute atomic E-state index is 12.3. The van der Waals surface area contributed by atoms with E-state index in [0.29, 0.717) is 13.1 Å². The predicted octanol–water partition coefficient (Wildman–Crippen LogP) is 3.65. The third-order valence-corrected chi connectivity index (χ3v) is 5.46. The number of ether oxygens (including phenoxy) is 2. The van der Waals surface area contributed by atoms with Gasteiger partial charge in [-0.25, -0.2) is 0 Å². The number of hydrogen-bond donors (Lipinski definition) is 0. The van der Waals surface area contributed by atoms with E-state index in [1.165, 1.54) is 22.9 Å². The Balaban J connectivity index is 1.40. The Hall–Kier alpha value is -2.73. The molecule has 1 aliphatic rings. The molecule has 1 amide bonds. The quantitative estimate of drug-likeness (QED) is 0.527. The standard InChI is InChI=1S/C22H23NO4S/c1-26-19-7-9-20(10-8-19)28-16-22(25)27-15-21(24)23-13-11-18(12-14-23)17-5-3-2-4-6-17/h2-11H,12-16H2,1H3. The Morgan fingerprint density at radius 1 is 1.07 bits per heavy atom. The second kappa shape index (κ2) is 9.99. The highest BCUT2D eigenvalue weighted by Gasteiger charge is 2.19. The maximum atomic E-state index is 12.3. The van der Waals surface area contributed by atoms with E-state index >= 15 is 0 Å². The summed E-state index contributed by atoms with van der Waals surface area (Å²) in [5, 5.41) is 0. The average Bonchev–Trinajstić information content (AvgIpc) is 2.77. The van der Waals surface area contributed by atoms with Crippen molar-refractivity contribution >= 4 is 29.2 Å². The molecule has 2 aromatic rings. The first-order valence-corrected chi connectivity index (χ1v) is 10.1. The summed E-state index contributed by atoms with van der Waals surface area (Å²) in [6, 6.07) is 17.6. The van der Waals surface area contributed by atoms with Gasteiger partial charge in [0.25, 0.3) is 5.91 Å². The van der Waals surface area contributed by atoms with E-state index in [9.17, 15) is 9.59 Å². The molecular weight excluding hydrogens is 374 g/mol. The lowest BCUT2D eigenvalue weighted by atomic mass is 10.00. The molecule has 0 radical (unpaired) electrons. The molecule has 146 valence electrons. The second-order valence-electron chi connectivity index (χ2n) is 6.31. The van der Waals surface area contributed by atoms with Gasteiger partial charge in [-0.2, -0.15) is 0 Å². The zero-order valence-electron chi connectivity index (χ0n) is 15.8. The summed E-state index contributed by atoms with van der Waals surface area (Å²) >= 11 is 1.37. The van der Waals surface area contributed by atoms with Crippen molar-refractivity contribution in [1.29, 1.82) is 0 Å². The van der Waals surface area contributed by atoms with E-state index in [2.05, 4.69) is 18.2 Å². The zero-order valence-corrected chi connectivity index (χ0v) is 16.6. The molecule has 0 spiro atoms. The minimum absolute atomic E-state index is 0.161. The van der Waals surface area contributed by atoms with Gasteiger partial charge in [0.15, 0.2) is 6.61 Å². The first-order valence-electron chi connectivity index (χ1n) is 9.10. The molecule has 0 saturated heterocycles. The van der Waals surface area contributed by atoms with Crippen molar-refractivity contribution < 1.29 is 19.1 Å². The summed E-state index contributed by atoms with van der Waals surface area (Å²) < 4.78 is 10.2. The second-order valence-corrected chi connectivity index (χ2v) is 7.36. The van der Waals surface area contributed by atoms with Crippen LogP contribution in [0.5, 0.6) is 5.75 Å². The van der Waals surface area contributed by atoms with Gasteiger partial charge in [-0.3, -0.25) is 9.59 Å². The van der Waals surface area contributed by atoms with Crippen molar-refractivity contribution in [2.75, 3.05) is 32.6 Å². The Labute approximate surface area is 169 Å². The molecule has 6 heteroatoms. The molecule has 0 N–H and O–H groups in total. The smallest absolute Gasteiger partial charge is 0.316 e. The summed E-state index contributed by atoms with van der Waals surface area (Å²) in [4.78, 5) is 26.9. The third kappa shape index (κ3) is 5.63. The van der Waals surface area contributed by atoms with Crippen LogP contribution in [0, 0.1) is 0 Å². The van der Waals surface area contributed by atoms with Gasteiger partial charge in [-0.05, 0) is 41.8 Å². The monoisotopic (exact) mass is 397 g/mol. The van der Waals surface area contributed by atoms with E-state index in [0.717, 1.165) is 17.1 Å². The van der Waals surface area contributed by atoms with Crippen LogP contribution < -0.4 is 4.74 Å². The summed E-state index contributed by atoms with van der Waals surface area (Å²) in [6.07, 6.45) is 2.87. The van der Waals surface area contributed by atoms with Crippen molar-refractivity contribution in [2.45, 2.75) is 11.3 Å². The molecule has 0 unspecified atom stereocenters. The van der Waals surface area contributed by atoms with E-state index in [4.69, 9.17) is 9.47 Å². The van der Waals surface area contributed by atoms with Gasteiger partial charge in [0.1, 0.15) is 5.75 Å². The van der Waals surface area contributed by atoms with Crippen LogP contribution in [0.15, 0.2) is 65.6 Å². The minimum atomic E-state index is -0.397. The first kappa shape index (κ1) is 20.0. The van der Waals surface area contributed by atoms with E-state index in [1.807, 2.05) is 42.5 Å². The first-order chi connectivity index (χ1) is 13.7. The SMILES string of the molecule is COc1ccc(SCC(=O)OCC(=O)N2CC=C(c3ccccc3)CC2)cc1. The van der Waals surface area contributed by atoms with Gasteiger partial charge in [0.05, 0.1) is 12.9 Å². The van der Waals surface area contributed by atoms with Crippen molar-refractivity contribution in [2.24, 2.45) is 0 Å².